The van der Waals surface area contributed by atoms with Crippen LogP contribution in [0.5, 0.6) is 0 Å². The zero-order chi connectivity index (χ0) is 15.7. The molecule has 0 spiro atoms. The van der Waals surface area contributed by atoms with Crippen molar-refractivity contribution in [1.82, 2.24) is 0 Å². The first-order chi connectivity index (χ1) is 9.73. The summed E-state index contributed by atoms with van der Waals surface area (Å²) in [6.07, 6.45) is 2.14. The van der Waals surface area contributed by atoms with Gasteiger partial charge in [-0.05, 0) is 55.9 Å². The number of fused-ring (bicyclic) bond motifs is 1. The Morgan fingerprint density at radius 2 is 1.67 bits per heavy atom. The van der Waals surface area contributed by atoms with E-state index in [1.165, 1.54) is 16.3 Å². The van der Waals surface area contributed by atoms with E-state index in [9.17, 15) is 0 Å². The Morgan fingerprint density at radius 1 is 1.05 bits per heavy atom. The van der Waals surface area contributed by atoms with Gasteiger partial charge in [-0.2, -0.15) is 0 Å². The fraction of sp³-hybridized carbons (Fsp3) is 0.474. The van der Waals surface area contributed by atoms with E-state index >= 15 is 0 Å². The molecule has 0 saturated heterocycles. The van der Waals surface area contributed by atoms with Crippen molar-refractivity contribution >= 4 is 33.4 Å². The van der Waals surface area contributed by atoms with Crippen molar-refractivity contribution < 1.29 is 0 Å². The summed E-state index contributed by atoms with van der Waals surface area (Å²) >= 11 is 2.61. The minimum absolute atomic E-state index is 0.155. The topological polar surface area (TPSA) is 26.0 Å². The van der Waals surface area contributed by atoms with Crippen molar-refractivity contribution in [2.75, 3.05) is 0 Å². The zero-order valence-electron chi connectivity index (χ0n) is 13.5. The lowest BCUT2D eigenvalue weighted by molar-refractivity contribution is 0.377. The number of benzene rings is 2. The maximum atomic E-state index is 6.33. The molecular weight excluding hydrogens is 369 g/mol. The highest BCUT2D eigenvalue weighted by atomic mass is 127. The summed E-state index contributed by atoms with van der Waals surface area (Å²) in [5.41, 5.74) is 7.59. The first-order valence-corrected chi connectivity index (χ1v) is 8.77. The SMILES string of the molecule is CCC(C)(I)C(CC(C)(C)N)c1ccc2ccccc2c1. The van der Waals surface area contributed by atoms with E-state index in [1.807, 2.05) is 0 Å². The summed E-state index contributed by atoms with van der Waals surface area (Å²) in [5, 5.41) is 2.62. The average molecular weight is 395 g/mol. The van der Waals surface area contributed by atoms with Crippen LogP contribution in [0.1, 0.15) is 52.0 Å². The van der Waals surface area contributed by atoms with Crippen LogP contribution in [-0.4, -0.2) is 8.96 Å². The molecule has 21 heavy (non-hydrogen) atoms. The molecule has 2 aromatic rings. The van der Waals surface area contributed by atoms with Crippen molar-refractivity contribution in [3.05, 3.63) is 48.0 Å². The Bertz CT molecular complexity index is 610. The molecule has 2 rings (SSSR count). The molecular formula is C19H26IN. The molecule has 0 aliphatic rings. The molecule has 2 N–H and O–H groups in total. The number of halogens is 1. The number of alkyl halides is 1. The minimum Gasteiger partial charge on any atom is -0.326 e. The van der Waals surface area contributed by atoms with E-state index in [2.05, 4.69) is 92.8 Å². The molecule has 0 amide bonds. The van der Waals surface area contributed by atoms with Gasteiger partial charge in [-0.3, -0.25) is 0 Å². The van der Waals surface area contributed by atoms with Gasteiger partial charge in [0, 0.05) is 8.96 Å². The Kier molecular flexibility index (Phi) is 4.99. The van der Waals surface area contributed by atoms with Crippen molar-refractivity contribution in [2.45, 2.75) is 55.4 Å². The average Bonchev–Trinajstić information content (AvgIpc) is 2.43. The minimum atomic E-state index is -0.155. The quantitative estimate of drug-likeness (QED) is 0.514. The normalized spacial score (nSPS) is 16.7. The van der Waals surface area contributed by atoms with Crippen molar-refractivity contribution in [3.63, 3.8) is 0 Å². The Morgan fingerprint density at radius 3 is 2.24 bits per heavy atom. The Hall–Kier alpha value is -0.610. The Balaban J connectivity index is 2.47. The lowest BCUT2D eigenvalue weighted by Crippen LogP contribution is -2.38. The van der Waals surface area contributed by atoms with Gasteiger partial charge in [-0.25, -0.2) is 0 Å². The third-order valence-corrected chi connectivity index (χ3v) is 5.84. The highest BCUT2D eigenvalue weighted by Crippen LogP contribution is 2.43. The standard InChI is InChI=1S/C19H26IN/c1-5-19(4,20)17(13-18(2,3)21)16-11-10-14-8-6-7-9-15(14)12-16/h6-12,17H,5,13,21H2,1-4H3. The first kappa shape index (κ1) is 16.8. The third-order valence-electron chi connectivity index (χ3n) is 4.32. The molecule has 1 nitrogen and oxygen atoms in total. The van der Waals surface area contributed by atoms with Gasteiger partial charge in [0.25, 0.3) is 0 Å². The lowest BCUT2D eigenvalue weighted by Gasteiger charge is -2.36. The van der Waals surface area contributed by atoms with Gasteiger partial charge in [0.15, 0.2) is 0 Å². The third kappa shape index (κ3) is 4.19. The smallest absolute Gasteiger partial charge is 0.0260 e. The summed E-state index contributed by atoms with van der Waals surface area (Å²) in [7, 11) is 0. The maximum Gasteiger partial charge on any atom is 0.0260 e. The van der Waals surface area contributed by atoms with Crippen LogP contribution in [-0.2, 0) is 0 Å². The second-order valence-electron chi connectivity index (χ2n) is 6.98. The largest absolute Gasteiger partial charge is 0.326 e. The molecule has 0 bridgehead atoms. The lowest BCUT2D eigenvalue weighted by atomic mass is 9.77. The fourth-order valence-corrected chi connectivity index (χ4v) is 3.45. The van der Waals surface area contributed by atoms with Crippen LogP contribution in [0.3, 0.4) is 0 Å². The number of hydrogen-bond donors (Lipinski definition) is 1. The van der Waals surface area contributed by atoms with Crippen LogP contribution in [0, 0.1) is 0 Å². The summed E-state index contributed by atoms with van der Waals surface area (Å²) < 4.78 is 0.219. The van der Waals surface area contributed by atoms with Crippen LogP contribution >= 0.6 is 22.6 Å². The molecule has 2 unspecified atom stereocenters. The molecule has 0 aliphatic carbocycles. The van der Waals surface area contributed by atoms with E-state index in [1.54, 1.807) is 0 Å². The van der Waals surface area contributed by atoms with Crippen LogP contribution < -0.4 is 5.73 Å². The molecule has 2 atom stereocenters. The summed E-state index contributed by atoms with van der Waals surface area (Å²) in [5.74, 6) is 0.465. The summed E-state index contributed by atoms with van der Waals surface area (Å²) in [6, 6.07) is 15.4. The van der Waals surface area contributed by atoms with Crippen LogP contribution in [0.15, 0.2) is 42.5 Å². The van der Waals surface area contributed by atoms with Crippen LogP contribution in [0.25, 0.3) is 10.8 Å². The molecule has 0 radical (unpaired) electrons. The molecule has 0 heterocycles. The summed E-state index contributed by atoms with van der Waals surface area (Å²) in [6.45, 7) is 8.87. The molecule has 0 fully saturated rings. The van der Waals surface area contributed by atoms with E-state index < -0.39 is 0 Å². The predicted molar refractivity (Wildman–Crippen MR) is 102 cm³/mol. The highest BCUT2D eigenvalue weighted by molar-refractivity contribution is 14.1. The van der Waals surface area contributed by atoms with E-state index in [4.69, 9.17) is 5.73 Å². The van der Waals surface area contributed by atoms with Gasteiger partial charge < -0.3 is 5.73 Å². The number of nitrogens with two attached hydrogens (primary N) is 1. The second-order valence-corrected chi connectivity index (χ2v) is 9.45. The fourth-order valence-electron chi connectivity index (χ4n) is 2.88. The molecule has 0 aliphatic heterocycles. The number of hydrogen-bond acceptors (Lipinski definition) is 1. The summed E-state index contributed by atoms with van der Waals surface area (Å²) in [4.78, 5) is 0. The van der Waals surface area contributed by atoms with E-state index in [0.29, 0.717) is 5.92 Å². The van der Waals surface area contributed by atoms with Crippen molar-refractivity contribution in [1.29, 1.82) is 0 Å². The molecule has 0 saturated carbocycles. The van der Waals surface area contributed by atoms with Gasteiger partial charge >= 0.3 is 0 Å². The van der Waals surface area contributed by atoms with E-state index in [0.717, 1.165) is 12.8 Å². The van der Waals surface area contributed by atoms with E-state index in [-0.39, 0.29) is 8.96 Å². The molecule has 2 heteroatoms. The van der Waals surface area contributed by atoms with Crippen molar-refractivity contribution in [2.24, 2.45) is 5.73 Å². The maximum absolute atomic E-state index is 6.33. The van der Waals surface area contributed by atoms with Gasteiger partial charge in [-0.1, -0.05) is 72.0 Å². The Labute approximate surface area is 142 Å². The second kappa shape index (κ2) is 6.25. The van der Waals surface area contributed by atoms with Gasteiger partial charge in [-0.15, -0.1) is 0 Å². The monoisotopic (exact) mass is 395 g/mol. The zero-order valence-corrected chi connectivity index (χ0v) is 15.6. The molecule has 2 aromatic carbocycles. The molecule has 114 valence electrons. The molecule has 0 aromatic heterocycles. The number of rotatable bonds is 5. The van der Waals surface area contributed by atoms with Crippen molar-refractivity contribution in [3.8, 4) is 0 Å². The first-order valence-electron chi connectivity index (χ1n) is 7.69. The van der Waals surface area contributed by atoms with Crippen LogP contribution in [0.4, 0.5) is 0 Å². The van der Waals surface area contributed by atoms with Gasteiger partial charge in [0.05, 0.1) is 0 Å². The van der Waals surface area contributed by atoms with Gasteiger partial charge in [0.2, 0.25) is 0 Å². The predicted octanol–water partition coefficient (Wildman–Crippen LogP) is 5.65. The van der Waals surface area contributed by atoms with Crippen LogP contribution in [0.2, 0.25) is 0 Å². The highest BCUT2D eigenvalue weighted by Gasteiger charge is 2.34. The van der Waals surface area contributed by atoms with Gasteiger partial charge in [0.1, 0.15) is 0 Å².